The molecule has 138 valence electrons. The van der Waals surface area contributed by atoms with E-state index in [1.165, 1.54) is 6.07 Å². The number of rotatable bonds is 7. The Morgan fingerprint density at radius 1 is 0.926 bits per heavy atom. The standard InChI is InChI=1S/C23H21FO3/c1-2-26-23(25)22(16-17-8-4-3-5-9-17)27-19-14-12-18(13-15-19)20-10-6-7-11-21(20)24/h3-15,22H,2,16H2,1H3/t22-/m0/s1. The molecule has 4 heteroatoms. The minimum Gasteiger partial charge on any atom is -0.478 e. The number of benzene rings is 3. The number of hydrogen-bond donors (Lipinski definition) is 0. The van der Waals surface area contributed by atoms with Gasteiger partial charge in [0.2, 0.25) is 0 Å². The first kappa shape index (κ1) is 18.6. The number of carbonyl (C=O) groups excluding carboxylic acids is 1. The first-order valence-corrected chi connectivity index (χ1v) is 8.89. The van der Waals surface area contributed by atoms with E-state index in [9.17, 15) is 9.18 Å². The summed E-state index contributed by atoms with van der Waals surface area (Å²) in [6.45, 7) is 2.06. The zero-order valence-electron chi connectivity index (χ0n) is 15.1. The maximum Gasteiger partial charge on any atom is 0.347 e. The third-order valence-electron chi connectivity index (χ3n) is 4.13. The van der Waals surface area contributed by atoms with Gasteiger partial charge in [-0.1, -0.05) is 60.7 Å². The minimum absolute atomic E-state index is 0.278. The van der Waals surface area contributed by atoms with Crippen LogP contribution in [0, 0.1) is 5.82 Å². The normalized spacial score (nSPS) is 11.6. The van der Waals surface area contributed by atoms with Crippen LogP contribution in [0.3, 0.4) is 0 Å². The summed E-state index contributed by atoms with van der Waals surface area (Å²) in [5.41, 5.74) is 2.25. The maximum atomic E-state index is 13.9. The molecular weight excluding hydrogens is 343 g/mol. The molecule has 3 aromatic rings. The van der Waals surface area contributed by atoms with Crippen LogP contribution in [0.1, 0.15) is 12.5 Å². The summed E-state index contributed by atoms with van der Waals surface area (Å²) >= 11 is 0. The fourth-order valence-corrected chi connectivity index (χ4v) is 2.81. The molecule has 0 bridgehead atoms. The van der Waals surface area contributed by atoms with Crippen molar-refractivity contribution in [2.24, 2.45) is 0 Å². The average molecular weight is 364 g/mol. The van der Waals surface area contributed by atoms with Gasteiger partial charge in [-0.2, -0.15) is 0 Å². The molecule has 0 aliphatic heterocycles. The van der Waals surface area contributed by atoms with Gasteiger partial charge in [-0.05, 0) is 36.2 Å². The van der Waals surface area contributed by atoms with Crippen LogP contribution in [0.2, 0.25) is 0 Å². The molecule has 0 N–H and O–H groups in total. The predicted octanol–water partition coefficient (Wildman–Crippen LogP) is 5.05. The first-order valence-electron chi connectivity index (χ1n) is 8.89. The van der Waals surface area contributed by atoms with Crippen molar-refractivity contribution in [3.63, 3.8) is 0 Å². The molecule has 0 aliphatic rings. The lowest BCUT2D eigenvalue weighted by atomic mass is 10.0. The van der Waals surface area contributed by atoms with E-state index in [1.54, 1.807) is 49.4 Å². The zero-order chi connectivity index (χ0) is 19.1. The van der Waals surface area contributed by atoms with Gasteiger partial charge in [-0.25, -0.2) is 9.18 Å². The summed E-state index contributed by atoms with van der Waals surface area (Å²) in [6, 6.07) is 23.3. The highest BCUT2D eigenvalue weighted by Gasteiger charge is 2.22. The predicted molar refractivity (Wildman–Crippen MR) is 103 cm³/mol. The number of ether oxygens (including phenoxy) is 2. The molecule has 27 heavy (non-hydrogen) atoms. The van der Waals surface area contributed by atoms with Crippen LogP contribution in [0.25, 0.3) is 11.1 Å². The molecule has 0 saturated carbocycles. The highest BCUT2D eigenvalue weighted by atomic mass is 19.1. The Kier molecular flexibility index (Phi) is 6.21. The number of hydrogen-bond acceptors (Lipinski definition) is 3. The molecular formula is C23H21FO3. The van der Waals surface area contributed by atoms with E-state index in [2.05, 4.69) is 0 Å². The Morgan fingerprint density at radius 2 is 1.59 bits per heavy atom. The number of carbonyl (C=O) groups is 1. The van der Waals surface area contributed by atoms with Gasteiger partial charge in [-0.3, -0.25) is 0 Å². The van der Waals surface area contributed by atoms with Crippen molar-refractivity contribution in [1.82, 2.24) is 0 Å². The van der Waals surface area contributed by atoms with Crippen LogP contribution in [0.15, 0.2) is 78.9 Å². The van der Waals surface area contributed by atoms with E-state index < -0.39 is 12.1 Å². The molecule has 0 spiro atoms. The number of halogens is 1. The smallest absolute Gasteiger partial charge is 0.347 e. The Morgan fingerprint density at radius 3 is 2.26 bits per heavy atom. The van der Waals surface area contributed by atoms with Crippen molar-refractivity contribution in [3.05, 3.63) is 90.2 Å². The Hall–Kier alpha value is -3.14. The molecule has 0 aromatic heterocycles. The van der Waals surface area contributed by atoms with Crippen molar-refractivity contribution in [1.29, 1.82) is 0 Å². The van der Waals surface area contributed by atoms with Crippen LogP contribution in [0.5, 0.6) is 5.75 Å². The van der Waals surface area contributed by atoms with Gasteiger partial charge < -0.3 is 9.47 Å². The van der Waals surface area contributed by atoms with E-state index >= 15 is 0 Å². The van der Waals surface area contributed by atoms with Crippen molar-refractivity contribution >= 4 is 5.97 Å². The quantitative estimate of drug-likeness (QED) is 0.551. The lowest BCUT2D eigenvalue weighted by Crippen LogP contribution is -2.31. The van der Waals surface area contributed by atoms with Gasteiger partial charge in [0.05, 0.1) is 6.61 Å². The van der Waals surface area contributed by atoms with Crippen LogP contribution >= 0.6 is 0 Å². The average Bonchev–Trinajstić information content (AvgIpc) is 2.69. The second kappa shape index (κ2) is 8.99. The van der Waals surface area contributed by atoms with E-state index in [0.29, 0.717) is 24.3 Å². The van der Waals surface area contributed by atoms with Crippen LogP contribution in [0.4, 0.5) is 4.39 Å². The lowest BCUT2D eigenvalue weighted by Gasteiger charge is -2.18. The summed E-state index contributed by atoms with van der Waals surface area (Å²) in [7, 11) is 0. The largest absolute Gasteiger partial charge is 0.478 e. The molecule has 3 nitrogen and oxygen atoms in total. The molecule has 0 fully saturated rings. The second-order valence-corrected chi connectivity index (χ2v) is 6.05. The van der Waals surface area contributed by atoms with Gasteiger partial charge in [0, 0.05) is 12.0 Å². The molecule has 3 rings (SSSR count). The van der Waals surface area contributed by atoms with E-state index in [-0.39, 0.29) is 5.82 Å². The third-order valence-corrected chi connectivity index (χ3v) is 4.13. The first-order chi connectivity index (χ1) is 13.2. The highest BCUT2D eigenvalue weighted by molar-refractivity contribution is 5.75. The summed E-state index contributed by atoms with van der Waals surface area (Å²) in [4.78, 5) is 12.3. The van der Waals surface area contributed by atoms with Crippen molar-refractivity contribution in [2.75, 3.05) is 6.61 Å². The van der Waals surface area contributed by atoms with Crippen molar-refractivity contribution in [2.45, 2.75) is 19.4 Å². The van der Waals surface area contributed by atoms with Crippen LogP contribution in [-0.4, -0.2) is 18.7 Å². The highest BCUT2D eigenvalue weighted by Crippen LogP contribution is 2.25. The third kappa shape index (κ3) is 4.94. The monoisotopic (exact) mass is 364 g/mol. The van der Waals surface area contributed by atoms with Crippen LogP contribution < -0.4 is 4.74 Å². The topological polar surface area (TPSA) is 35.5 Å². The van der Waals surface area contributed by atoms with E-state index in [0.717, 1.165) is 11.1 Å². The minimum atomic E-state index is -0.744. The zero-order valence-corrected chi connectivity index (χ0v) is 15.1. The number of esters is 1. The lowest BCUT2D eigenvalue weighted by molar-refractivity contribution is -0.151. The molecule has 3 aromatic carbocycles. The molecule has 1 atom stereocenters. The van der Waals surface area contributed by atoms with E-state index in [1.807, 2.05) is 30.3 Å². The Bertz CT molecular complexity index is 876. The van der Waals surface area contributed by atoms with Gasteiger partial charge >= 0.3 is 5.97 Å². The van der Waals surface area contributed by atoms with Gasteiger partial charge in [0.1, 0.15) is 11.6 Å². The molecule has 0 aliphatic carbocycles. The Balaban J connectivity index is 1.77. The fourth-order valence-electron chi connectivity index (χ4n) is 2.81. The van der Waals surface area contributed by atoms with Crippen molar-refractivity contribution in [3.8, 4) is 16.9 Å². The fraction of sp³-hybridized carbons (Fsp3) is 0.174. The van der Waals surface area contributed by atoms with E-state index in [4.69, 9.17) is 9.47 Å². The molecule has 0 amide bonds. The summed E-state index contributed by atoms with van der Waals surface area (Å²) in [5, 5.41) is 0. The molecule has 0 heterocycles. The Labute approximate surface area is 158 Å². The van der Waals surface area contributed by atoms with Gasteiger partial charge in [-0.15, -0.1) is 0 Å². The van der Waals surface area contributed by atoms with Crippen LogP contribution in [-0.2, 0) is 16.0 Å². The molecule has 0 saturated heterocycles. The summed E-state index contributed by atoms with van der Waals surface area (Å²) < 4.78 is 25.0. The van der Waals surface area contributed by atoms with Gasteiger partial charge in [0.15, 0.2) is 6.10 Å². The summed E-state index contributed by atoms with van der Waals surface area (Å²) in [6.07, 6.45) is -0.332. The van der Waals surface area contributed by atoms with Gasteiger partial charge in [0.25, 0.3) is 0 Å². The summed E-state index contributed by atoms with van der Waals surface area (Å²) in [5.74, 6) is -0.150. The maximum absolute atomic E-state index is 13.9. The molecule has 0 radical (unpaired) electrons. The second-order valence-electron chi connectivity index (χ2n) is 6.05. The SMILES string of the molecule is CCOC(=O)[C@H](Cc1ccccc1)Oc1ccc(-c2ccccc2F)cc1. The molecule has 0 unspecified atom stereocenters. The van der Waals surface area contributed by atoms with Crippen molar-refractivity contribution < 1.29 is 18.7 Å².